The van der Waals surface area contributed by atoms with Crippen molar-refractivity contribution in [1.29, 1.82) is 5.26 Å². The zero-order chi connectivity index (χ0) is 9.19. The standard InChI is InChI=1S/C9H15N3/c1-9(2,3)8(11-7-10)12-5-4-6-12/h4-6H2,1-3H3. The van der Waals surface area contributed by atoms with Crippen LogP contribution in [0.1, 0.15) is 27.2 Å². The van der Waals surface area contributed by atoms with Crippen molar-refractivity contribution < 1.29 is 0 Å². The summed E-state index contributed by atoms with van der Waals surface area (Å²) in [5.41, 5.74) is -0.00382. The normalized spacial score (nSPS) is 18.5. The Morgan fingerprint density at radius 2 is 2.00 bits per heavy atom. The maximum absolute atomic E-state index is 8.50. The van der Waals surface area contributed by atoms with Gasteiger partial charge in [-0.2, -0.15) is 10.3 Å². The molecule has 0 aromatic rings. The molecular formula is C9H15N3. The lowest BCUT2D eigenvalue weighted by molar-refractivity contribution is 0.272. The summed E-state index contributed by atoms with van der Waals surface area (Å²) in [6.07, 6.45) is 3.09. The summed E-state index contributed by atoms with van der Waals surface area (Å²) in [7, 11) is 0. The molecule has 1 heterocycles. The molecule has 12 heavy (non-hydrogen) atoms. The fourth-order valence-corrected chi connectivity index (χ4v) is 1.29. The first kappa shape index (κ1) is 9.05. The molecule has 0 aromatic carbocycles. The van der Waals surface area contributed by atoms with Crippen molar-refractivity contribution in [3.05, 3.63) is 0 Å². The van der Waals surface area contributed by atoms with Crippen molar-refractivity contribution in [2.75, 3.05) is 13.1 Å². The minimum absolute atomic E-state index is 0.00382. The predicted molar refractivity (Wildman–Crippen MR) is 48.7 cm³/mol. The molecule has 3 heteroatoms. The third-order valence-electron chi connectivity index (χ3n) is 1.98. The molecule has 0 aliphatic carbocycles. The zero-order valence-corrected chi connectivity index (χ0v) is 7.96. The van der Waals surface area contributed by atoms with E-state index in [1.54, 1.807) is 0 Å². The van der Waals surface area contributed by atoms with Gasteiger partial charge in [0.1, 0.15) is 5.84 Å². The van der Waals surface area contributed by atoms with E-state index in [-0.39, 0.29) is 5.41 Å². The van der Waals surface area contributed by atoms with Gasteiger partial charge in [0.25, 0.3) is 0 Å². The number of amidine groups is 1. The SMILES string of the molecule is CC(C)(C)C(=NC#N)N1CCC1. The molecule has 0 radical (unpaired) electrons. The average Bonchev–Trinajstić information content (AvgIpc) is 1.80. The van der Waals surface area contributed by atoms with Crippen LogP contribution in [0.4, 0.5) is 0 Å². The lowest BCUT2D eigenvalue weighted by Gasteiger charge is -2.38. The van der Waals surface area contributed by atoms with Crippen LogP contribution < -0.4 is 0 Å². The van der Waals surface area contributed by atoms with E-state index in [4.69, 9.17) is 5.26 Å². The van der Waals surface area contributed by atoms with Gasteiger partial charge in [0.2, 0.25) is 6.19 Å². The van der Waals surface area contributed by atoms with Crippen LogP contribution in [0.2, 0.25) is 0 Å². The zero-order valence-electron chi connectivity index (χ0n) is 7.96. The van der Waals surface area contributed by atoms with Crippen LogP contribution in [-0.4, -0.2) is 23.8 Å². The lowest BCUT2D eigenvalue weighted by atomic mass is 9.92. The largest absolute Gasteiger partial charge is 0.359 e. The highest BCUT2D eigenvalue weighted by atomic mass is 15.2. The topological polar surface area (TPSA) is 39.4 Å². The Morgan fingerprint density at radius 3 is 2.25 bits per heavy atom. The van der Waals surface area contributed by atoms with E-state index >= 15 is 0 Å². The molecule has 1 fully saturated rings. The number of likely N-dealkylation sites (tertiary alicyclic amines) is 1. The third-order valence-corrected chi connectivity index (χ3v) is 1.98. The van der Waals surface area contributed by atoms with Crippen molar-refractivity contribution in [3.8, 4) is 6.19 Å². The van der Waals surface area contributed by atoms with E-state index in [9.17, 15) is 0 Å². The first-order valence-corrected chi connectivity index (χ1v) is 4.28. The Kier molecular flexibility index (Phi) is 2.37. The van der Waals surface area contributed by atoms with Crippen molar-refractivity contribution in [3.63, 3.8) is 0 Å². The number of hydrogen-bond acceptors (Lipinski definition) is 2. The van der Waals surface area contributed by atoms with Crippen LogP contribution >= 0.6 is 0 Å². The molecule has 0 N–H and O–H groups in total. The van der Waals surface area contributed by atoms with Crippen LogP contribution in [-0.2, 0) is 0 Å². The van der Waals surface area contributed by atoms with Crippen LogP contribution in [0, 0.1) is 16.9 Å². The minimum Gasteiger partial charge on any atom is -0.359 e. The molecule has 1 saturated heterocycles. The van der Waals surface area contributed by atoms with Gasteiger partial charge in [-0.15, -0.1) is 0 Å². The summed E-state index contributed by atoms with van der Waals surface area (Å²) in [5.74, 6) is 0.927. The number of nitrogens with zero attached hydrogens (tertiary/aromatic N) is 3. The van der Waals surface area contributed by atoms with Gasteiger partial charge in [-0.25, -0.2) is 0 Å². The second-order valence-electron chi connectivity index (χ2n) is 4.13. The van der Waals surface area contributed by atoms with Gasteiger partial charge in [0, 0.05) is 18.5 Å². The Balaban J connectivity index is 2.76. The predicted octanol–water partition coefficient (Wildman–Crippen LogP) is 1.62. The third kappa shape index (κ3) is 1.76. The average molecular weight is 165 g/mol. The molecule has 66 valence electrons. The van der Waals surface area contributed by atoms with Gasteiger partial charge in [-0.1, -0.05) is 20.8 Å². The fourth-order valence-electron chi connectivity index (χ4n) is 1.29. The Bertz CT molecular complexity index is 225. The van der Waals surface area contributed by atoms with Crippen LogP contribution in [0.15, 0.2) is 4.99 Å². The first-order chi connectivity index (χ1) is 5.55. The molecule has 0 unspecified atom stereocenters. The number of nitriles is 1. The molecule has 0 bridgehead atoms. The van der Waals surface area contributed by atoms with Crippen LogP contribution in [0.25, 0.3) is 0 Å². The Morgan fingerprint density at radius 1 is 1.42 bits per heavy atom. The molecule has 1 rings (SSSR count). The van der Waals surface area contributed by atoms with E-state index in [1.807, 2.05) is 6.19 Å². The smallest absolute Gasteiger partial charge is 0.207 e. The van der Waals surface area contributed by atoms with Crippen molar-refractivity contribution in [2.45, 2.75) is 27.2 Å². The molecule has 1 aliphatic rings. The van der Waals surface area contributed by atoms with Gasteiger partial charge in [0.05, 0.1) is 0 Å². The maximum Gasteiger partial charge on any atom is 0.207 e. The quantitative estimate of drug-likeness (QED) is 0.311. The highest BCUT2D eigenvalue weighted by Gasteiger charge is 2.28. The van der Waals surface area contributed by atoms with Crippen molar-refractivity contribution in [2.24, 2.45) is 10.4 Å². The summed E-state index contributed by atoms with van der Waals surface area (Å²) in [6, 6.07) is 0. The van der Waals surface area contributed by atoms with Crippen molar-refractivity contribution >= 4 is 5.84 Å². The van der Waals surface area contributed by atoms with Crippen LogP contribution in [0.3, 0.4) is 0 Å². The maximum atomic E-state index is 8.50. The van der Waals surface area contributed by atoms with Gasteiger partial charge < -0.3 is 4.90 Å². The summed E-state index contributed by atoms with van der Waals surface area (Å²) < 4.78 is 0. The van der Waals surface area contributed by atoms with E-state index in [2.05, 4.69) is 30.7 Å². The van der Waals surface area contributed by atoms with Gasteiger partial charge in [-0.05, 0) is 6.42 Å². The molecule has 0 spiro atoms. The van der Waals surface area contributed by atoms with E-state index in [0.717, 1.165) is 18.9 Å². The van der Waals surface area contributed by atoms with Crippen LogP contribution in [0.5, 0.6) is 0 Å². The van der Waals surface area contributed by atoms with Gasteiger partial charge in [0.15, 0.2) is 0 Å². The highest BCUT2D eigenvalue weighted by molar-refractivity contribution is 5.88. The van der Waals surface area contributed by atoms with Crippen molar-refractivity contribution in [1.82, 2.24) is 4.90 Å². The molecule has 0 saturated carbocycles. The van der Waals surface area contributed by atoms with E-state index in [1.165, 1.54) is 6.42 Å². The molecule has 0 amide bonds. The monoisotopic (exact) mass is 165 g/mol. The molecule has 0 atom stereocenters. The van der Waals surface area contributed by atoms with E-state index in [0.29, 0.717) is 0 Å². The summed E-state index contributed by atoms with van der Waals surface area (Å²) in [4.78, 5) is 6.04. The number of aliphatic imine (C=N–C) groups is 1. The first-order valence-electron chi connectivity index (χ1n) is 4.28. The molecule has 0 aromatic heterocycles. The number of hydrogen-bond donors (Lipinski definition) is 0. The lowest BCUT2D eigenvalue weighted by Crippen LogP contribution is -2.47. The molecule has 1 aliphatic heterocycles. The molecular weight excluding hydrogens is 150 g/mol. The van der Waals surface area contributed by atoms with E-state index < -0.39 is 0 Å². The summed E-state index contributed by atoms with van der Waals surface area (Å²) in [5, 5.41) is 8.50. The second kappa shape index (κ2) is 3.14. The summed E-state index contributed by atoms with van der Waals surface area (Å²) >= 11 is 0. The molecule has 3 nitrogen and oxygen atoms in total. The minimum atomic E-state index is -0.00382. The van der Waals surface area contributed by atoms with Gasteiger partial charge in [-0.3, -0.25) is 0 Å². The second-order valence-corrected chi connectivity index (χ2v) is 4.13. The number of rotatable bonds is 0. The fraction of sp³-hybridized carbons (Fsp3) is 0.778. The highest BCUT2D eigenvalue weighted by Crippen LogP contribution is 2.22. The van der Waals surface area contributed by atoms with Gasteiger partial charge >= 0.3 is 0 Å². The Hall–Kier alpha value is -1.04. The summed E-state index contributed by atoms with van der Waals surface area (Å²) in [6.45, 7) is 8.36. The Labute approximate surface area is 73.7 Å².